The number of piperidine rings is 1. The van der Waals surface area contributed by atoms with Gasteiger partial charge in [-0.05, 0) is 127 Å². The Morgan fingerprint density at radius 2 is 1.76 bits per heavy atom. The average Bonchev–Trinajstić information content (AvgIpc) is 2.78. The molecule has 0 spiro atoms. The summed E-state index contributed by atoms with van der Waals surface area (Å²) >= 11 is 3.73. The number of hydrogen-bond donors (Lipinski definition) is 1. The number of hydrogen-bond acceptors (Lipinski definition) is 4. The zero-order chi connectivity index (χ0) is 24.7. The Labute approximate surface area is 216 Å². The van der Waals surface area contributed by atoms with Crippen LogP contribution in [0.4, 0.5) is 0 Å². The van der Waals surface area contributed by atoms with Crippen LogP contribution in [0.2, 0.25) is 0 Å². The molecule has 0 amide bonds. The topological polar surface area (TPSA) is 61.9 Å². The van der Waals surface area contributed by atoms with Gasteiger partial charge in [-0.2, -0.15) is 17.4 Å². The number of halogens is 1. The first-order valence-corrected chi connectivity index (χ1v) is 15.2. The molecule has 1 aliphatic carbocycles. The molecule has 1 aliphatic heterocycles. The van der Waals surface area contributed by atoms with Crippen LogP contribution in [0.25, 0.3) is 0 Å². The second-order valence-electron chi connectivity index (χ2n) is 10.7. The van der Waals surface area contributed by atoms with E-state index in [4.69, 9.17) is 4.74 Å². The summed E-state index contributed by atoms with van der Waals surface area (Å²) in [6, 6.07) is 6.47. The highest BCUT2D eigenvalue weighted by molar-refractivity contribution is 9.10. The van der Waals surface area contributed by atoms with E-state index < -0.39 is 10.2 Å². The van der Waals surface area contributed by atoms with Crippen molar-refractivity contribution in [1.82, 2.24) is 13.9 Å². The van der Waals surface area contributed by atoms with Crippen LogP contribution in [0.1, 0.15) is 70.8 Å². The zero-order valence-electron chi connectivity index (χ0n) is 21.4. The van der Waals surface area contributed by atoms with E-state index in [0.717, 1.165) is 49.7 Å². The molecule has 0 radical (unpaired) electrons. The third kappa shape index (κ3) is 8.77. The number of nitrogens with zero attached hydrogens (tertiary/aromatic N) is 2. The van der Waals surface area contributed by atoms with Crippen molar-refractivity contribution in [3.63, 3.8) is 0 Å². The van der Waals surface area contributed by atoms with Crippen molar-refractivity contribution < 1.29 is 13.2 Å². The van der Waals surface area contributed by atoms with Gasteiger partial charge in [0.25, 0.3) is 10.2 Å². The van der Waals surface area contributed by atoms with Gasteiger partial charge < -0.3 is 9.64 Å². The number of rotatable bonds is 11. The van der Waals surface area contributed by atoms with Crippen molar-refractivity contribution in [2.45, 2.75) is 83.8 Å². The van der Waals surface area contributed by atoms with E-state index in [1.54, 1.807) is 14.1 Å². The molecule has 1 saturated carbocycles. The highest BCUT2D eigenvalue weighted by Gasteiger charge is 2.26. The van der Waals surface area contributed by atoms with E-state index in [2.05, 4.69) is 51.5 Å². The van der Waals surface area contributed by atoms with Crippen molar-refractivity contribution in [2.24, 2.45) is 11.8 Å². The van der Waals surface area contributed by atoms with Crippen LogP contribution in [0, 0.1) is 11.8 Å². The monoisotopic (exact) mass is 557 g/mol. The molecule has 0 aromatic heterocycles. The first-order chi connectivity index (χ1) is 16.1. The van der Waals surface area contributed by atoms with Crippen molar-refractivity contribution in [2.75, 3.05) is 33.7 Å². The summed E-state index contributed by atoms with van der Waals surface area (Å²) in [5.41, 5.74) is 1.36. The number of nitrogens with one attached hydrogen (secondary N) is 1. The molecule has 3 rings (SSSR count). The maximum absolute atomic E-state index is 12.0. The van der Waals surface area contributed by atoms with Crippen LogP contribution in [0.3, 0.4) is 0 Å². The Kier molecular flexibility index (Phi) is 10.7. The van der Waals surface area contributed by atoms with Crippen molar-refractivity contribution in [3.8, 4) is 5.75 Å². The van der Waals surface area contributed by atoms with Crippen LogP contribution < -0.4 is 9.46 Å². The summed E-state index contributed by atoms with van der Waals surface area (Å²) in [5, 5.41) is 0. The minimum atomic E-state index is -3.31. The molecule has 8 heteroatoms. The largest absolute Gasteiger partial charge is 0.491 e. The van der Waals surface area contributed by atoms with E-state index in [0.29, 0.717) is 0 Å². The van der Waals surface area contributed by atoms with Gasteiger partial charge in [0, 0.05) is 24.6 Å². The molecular weight excluding hydrogens is 514 g/mol. The van der Waals surface area contributed by atoms with Gasteiger partial charge >= 0.3 is 0 Å². The normalized spacial score (nSPS) is 23.0. The molecule has 194 valence electrons. The van der Waals surface area contributed by atoms with E-state index in [1.165, 1.54) is 59.7 Å². The fourth-order valence-corrected chi connectivity index (χ4v) is 6.54. The van der Waals surface area contributed by atoms with Gasteiger partial charge in [-0.25, -0.2) is 0 Å². The molecule has 2 fully saturated rings. The maximum atomic E-state index is 12.0. The molecule has 1 N–H and O–H groups in total. The molecule has 1 aromatic rings. The Hall–Kier alpha value is -0.670. The van der Waals surface area contributed by atoms with Gasteiger partial charge in [0.2, 0.25) is 0 Å². The minimum absolute atomic E-state index is 0.0975. The van der Waals surface area contributed by atoms with Gasteiger partial charge in [-0.1, -0.05) is 15.9 Å². The van der Waals surface area contributed by atoms with E-state index in [-0.39, 0.29) is 12.1 Å². The van der Waals surface area contributed by atoms with Crippen LogP contribution in [-0.2, 0) is 16.6 Å². The predicted octanol–water partition coefficient (Wildman–Crippen LogP) is 5.23. The maximum Gasteiger partial charge on any atom is 0.279 e. The molecule has 0 bridgehead atoms. The lowest BCUT2D eigenvalue weighted by Crippen LogP contribution is -2.43. The third-order valence-corrected chi connectivity index (χ3v) is 9.70. The standard InChI is InChI=1S/C26H44BrN3O3S/c1-20(2)33-25-11-12-26(27)23(19-25)18-22-13-16-30(17-14-22)15-5-6-21-7-9-24(10-8-21)28-34(31,32)29(3)4/h11-12,19-22,24,28H,5-10,13-18H2,1-4H3/t21-,24-. The molecule has 1 saturated heterocycles. The predicted molar refractivity (Wildman–Crippen MR) is 143 cm³/mol. The first kappa shape index (κ1) is 27.9. The second-order valence-corrected chi connectivity index (χ2v) is 13.4. The molecular formula is C26H44BrN3O3S. The summed E-state index contributed by atoms with van der Waals surface area (Å²) in [4.78, 5) is 2.64. The highest BCUT2D eigenvalue weighted by atomic mass is 79.9. The third-order valence-electron chi connectivity index (χ3n) is 7.33. The summed E-state index contributed by atoms with van der Waals surface area (Å²) < 4.78 is 35.2. The number of ether oxygens (including phenoxy) is 1. The van der Waals surface area contributed by atoms with E-state index in [1.807, 2.05) is 6.07 Å². The fraction of sp³-hybridized carbons (Fsp3) is 0.769. The molecule has 0 atom stereocenters. The lowest BCUT2D eigenvalue weighted by atomic mass is 9.83. The number of benzene rings is 1. The van der Waals surface area contributed by atoms with Gasteiger partial charge in [-0.3, -0.25) is 0 Å². The molecule has 2 aliphatic rings. The Balaban J connectivity index is 1.32. The van der Waals surface area contributed by atoms with E-state index >= 15 is 0 Å². The van der Waals surface area contributed by atoms with Crippen LogP contribution >= 0.6 is 15.9 Å². The van der Waals surface area contributed by atoms with E-state index in [9.17, 15) is 8.42 Å². The Morgan fingerprint density at radius 1 is 1.09 bits per heavy atom. The summed E-state index contributed by atoms with van der Waals surface area (Å²) in [5.74, 6) is 2.45. The smallest absolute Gasteiger partial charge is 0.279 e. The van der Waals surface area contributed by atoms with Crippen molar-refractivity contribution in [3.05, 3.63) is 28.2 Å². The molecule has 1 aromatic carbocycles. The number of likely N-dealkylation sites (tertiary alicyclic amines) is 1. The van der Waals surface area contributed by atoms with Gasteiger partial charge in [-0.15, -0.1) is 0 Å². The Morgan fingerprint density at radius 3 is 2.38 bits per heavy atom. The Bertz CT molecular complexity index is 862. The van der Waals surface area contributed by atoms with Crippen LogP contribution in [0.15, 0.2) is 22.7 Å². The van der Waals surface area contributed by atoms with Gasteiger partial charge in [0.15, 0.2) is 0 Å². The molecule has 1 heterocycles. The second kappa shape index (κ2) is 13.0. The quantitative estimate of drug-likeness (QED) is 0.404. The van der Waals surface area contributed by atoms with Crippen molar-refractivity contribution in [1.29, 1.82) is 0 Å². The lowest BCUT2D eigenvalue weighted by Gasteiger charge is -2.33. The molecule has 34 heavy (non-hydrogen) atoms. The van der Waals surface area contributed by atoms with Crippen molar-refractivity contribution >= 4 is 26.1 Å². The lowest BCUT2D eigenvalue weighted by molar-refractivity contribution is 0.174. The summed E-state index contributed by atoms with van der Waals surface area (Å²) in [6.45, 7) is 7.73. The first-order valence-electron chi connectivity index (χ1n) is 13.0. The summed E-state index contributed by atoms with van der Waals surface area (Å²) in [7, 11) is -0.154. The minimum Gasteiger partial charge on any atom is -0.491 e. The SMILES string of the molecule is CC(C)Oc1ccc(Br)c(CC2CCN(CCC[C@H]3CC[C@H](NS(=O)(=O)N(C)C)CC3)CC2)c1. The van der Waals surface area contributed by atoms with Gasteiger partial charge in [0.1, 0.15) is 5.75 Å². The molecule has 6 nitrogen and oxygen atoms in total. The highest BCUT2D eigenvalue weighted by Crippen LogP contribution is 2.31. The van der Waals surface area contributed by atoms with Crippen LogP contribution in [0.5, 0.6) is 5.75 Å². The van der Waals surface area contributed by atoms with Gasteiger partial charge in [0.05, 0.1) is 6.10 Å². The average molecular weight is 559 g/mol. The molecule has 0 unspecified atom stereocenters. The van der Waals surface area contributed by atoms with Crippen LogP contribution in [-0.4, -0.2) is 63.5 Å². The zero-order valence-corrected chi connectivity index (χ0v) is 23.8. The fourth-order valence-electron chi connectivity index (χ4n) is 5.27. The summed E-state index contributed by atoms with van der Waals surface area (Å²) in [6.07, 6.45) is 10.6.